The lowest BCUT2D eigenvalue weighted by Crippen LogP contribution is -2.64. The third-order valence-corrected chi connectivity index (χ3v) is 9.80. The van der Waals surface area contributed by atoms with E-state index < -0.39 is 29.2 Å². The molecule has 29 heavy (non-hydrogen) atoms. The molecule has 0 heterocycles. The van der Waals surface area contributed by atoms with Gasteiger partial charge in [0, 0.05) is 17.3 Å². The van der Waals surface area contributed by atoms with Crippen molar-refractivity contribution >= 4 is 17.7 Å². The largest absolute Gasteiger partial charge is 0.393 e. The zero-order chi connectivity index (χ0) is 21.5. The van der Waals surface area contributed by atoms with Crippen LogP contribution < -0.4 is 0 Å². The van der Waals surface area contributed by atoms with Crippen LogP contribution >= 0.6 is 12.6 Å². The first kappa shape index (κ1) is 21.6. The number of aliphatic hydroxyl groups is 2. The maximum atomic E-state index is 15.6. The average Bonchev–Trinajstić information content (AvgIpc) is 2.83. The molecule has 0 bridgehead atoms. The number of hydrogen-bond donors (Lipinski definition) is 3. The summed E-state index contributed by atoms with van der Waals surface area (Å²) in [4.78, 5) is 12.6. The van der Waals surface area contributed by atoms with E-state index in [1.165, 1.54) is 0 Å². The van der Waals surface area contributed by atoms with Crippen LogP contribution in [0.3, 0.4) is 0 Å². The van der Waals surface area contributed by atoms with Crippen LogP contribution in [-0.2, 0) is 4.79 Å². The molecule has 0 radical (unpaired) electrons. The molecule has 0 saturated heterocycles. The predicted molar refractivity (Wildman–Crippen MR) is 115 cm³/mol. The number of thiol groups is 1. The fourth-order valence-corrected chi connectivity index (χ4v) is 9.31. The van der Waals surface area contributed by atoms with E-state index in [1.54, 1.807) is 12.2 Å². The molecule has 0 aromatic heterocycles. The van der Waals surface area contributed by atoms with Crippen LogP contribution in [0.25, 0.3) is 0 Å². The summed E-state index contributed by atoms with van der Waals surface area (Å²) < 4.78 is 15.6. The van der Waals surface area contributed by atoms with E-state index in [9.17, 15) is 15.0 Å². The van der Waals surface area contributed by atoms with Crippen LogP contribution in [0.1, 0.15) is 53.9 Å². The molecule has 0 aliphatic heterocycles. The van der Waals surface area contributed by atoms with Crippen molar-refractivity contribution < 1.29 is 19.4 Å². The van der Waals surface area contributed by atoms with Crippen LogP contribution in [0.4, 0.5) is 4.39 Å². The van der Waals surface area contributed by atoms with Crippen molar-refractivity contribution in [1.29, 1.82) is 0 Å². The van der Waals surface area contributed by atoms with Gasteiger partial charge in [-0.25, -0.2) is 4.39 Å². The maximum absolute atomic E-state index is 15.6. The zero-order valence-electron chi connectivity index (χ0n) is 18.1. The molecular formula is C24H35FO3S. The number of allylic oxidation sites excluding steroid dienone is 2. The van der Waals surface area contributed by atoms with Crippen molar-refractivity contribution in [2.75, 3.05) is 0 Å². The van der Waals surface area contributed by atoms with E-state index in [1.807, 2.05) is 13.0 Å². The Kier molecular flexibility index (Phi) is 4.96. The average molecular weight is 423 g/mol. The summed E-state index contributed by atoms with van der Waals surface area (Å²) in [5, 5.41) is 21.4. The summed E-state index contributed by atoms with van der Waals surface area (Å²) in [6.07, 6.45) is 4.48. The van der Waals surface area contributed by atoms with Crippen molar-refractivity contribution in [2.45, 2.75) is 72.3 Å². The van der Waals surface area contributed by atoms with Crippen LogP contribution in [0, 0.1) is 45.8 Å². The van der Waals surface area contributed by atoms with Gasteiger partial charge in [0.05, 0.1) is 12.2 Å². The number of alkyl halides is 1. The molecule has 2 N–H and O–H groups in total. The fraction of sp³-hybridized carbons (Fsp3) is 0.792. The minimum Gasteiger partial charge on any atom is -0.393 e. The SMILES string of the molecule is CC1CC2(C(C)C)C3CC(F)C4=CC(O)C=CC4(C)C3C(O)CC2(C)C1C(=O)S. The highest BCUT2D eigenvalue weighted by Crippen LogP contribution is 2.75. The lowest BCUT2D eigenvalue weighted by Gasteiger charge is -2.66. The van der Waals surface area contributed by atoms with Gasteiger partial charge in [0.15, 0.2) is 5.12 Å². The fourth-order valence-electron chi connectivity index (χ4n) is 8.77. The minimum atomic E-state index is -1.15. The standard InChI is InChI=1S/C24H35FO3S/c1-12(2)24-10-13(3)19(21(28)29)23(24,5)11-18(27)20-16(24)9-17(25)15-8-14(26)6-7-22(15,20)4/h6-8,12-14,16-20,26-27H,9-11H2,1-5H3,(H,28,29). The minimum absolute atomic E-state index is 0.0339. The number of hydrogen-bond acceptors (Lipinski definition) is 3. The van der Waals surface area contributed by atoms with Gasteiger partial charge in [-0.2, -0.15) is 0 Å². The summed E-state index contributed by atoms with van der Waals surface area (Å²) in [6, 6.07) is 0. The molecule has 3 saturated carbocycles. The molecule has 5 heteroatoms. The molecule has 4 aliphatic carbocycles. The first-order chi connectivity index (χ1) is 13.4. The van der Waals surface area contributed by atoms with Crippen LogP contribution in [-0.4, -0.2) is 33.7 Å². The van der Waals surface area contributed by atoms with Crippen molar-refractivity contribution in [2.24, 2.45) is 45.8 Å². The van der Waals surface area contributed by atoms with Gasteiger partial charge in [-0.05, 0) is 59.5 Å². The monoisotopic (exact) mass is 422 g/mol. The highest BCUT2D eigenvalue weighted by molar-refractivity contribution is 7.96. The van der Waals surface area contributed by atoms with E-state index in [4.69, 9.17) is 0 Å². The van der Waals surface area contributed by atoms with Gasteiger partial charge in [0.25, 0.3) is 0 Å². The molecule has 0 spiro atoms. The van der Waals surface area contributed by atoms with Gasteiger partial charge in [-0.15, -0.1) is 12.6 Å². The molecule has 3 fully saturated rings. The van der Waals surface area contributed by atoms with Crippen LogP contribution in [0.2, 0.25) is 0 Å². The van der Waals surface area contributed by atoms with Gasteiger partial charge in [0.1, 0.15) is 6.17 Å². The van der Waals surface area contributed by atoms with Crippen LogP contribution in [0.5, 0.6) is 0 Å². The molecule has 4 aliphatic rings. The van der Waals surface area contributed by atoms with Crippen molar-refractivity contribution in [3.05, 3.63) is 23.8 Å². The summed E-state index contributed by atoms with van der Waals surface area (Å²) in [5.41, 5.74) is -0.642. The molecular weight excluding hydrogens is 387 g/mol. The highest BCUT2D eigenvalue weighted by atomic mass is 32.1. The van der Waals surface area contributed by atoms with Crippen molar-refractivity contribution in [1.82, 2.24) is 0 Å². The second-order valence-corrected chi connectivity index (χ2v) is 11.4. The number of carbonyl (C=O) groups is 1. The summed E-state index contributed by atoms with van der Waals surface area (Å²) in [6.45, 7) is 10.7. The van der Waals surface area contributed by atoms with Crippen LogP contribution in [0.15, 0.2) is 23.8 Å². The Balaban J connectivity index is 1.91. The number of fused-ring (bicyclic) bond motifs is 5. The number of aliphatic hydroxyl groups excluding tert-OH is 2. The van der Waals surface area contributed by atoms with Gasteiger partial charge in [-0.1, -0.05) is 46.8 Å². The smallest absolute Gasteiger partial charge is 0.189 e. The molecule has 4 rings (SSSR count). The Morgan fingerprint density at radius 1 is 1.28 bits per heavy atom. The van der Waals surface area contributed by atoms with Crippen molar-refractivity contribution in [3.8, 4) is 0 Å². The summed E-state index contributed by atoms with van der Waals surface area (Å²) in [5.74, 6) is 0.0294. The lowest BCUT2D eigenvalue weighted by atomic mass is 9.39. The Morgan fingerprint density at radius 2 is 1.93 bits per heavy atom. The first-order valence-corrected chi connectivity index (χ1v) is 11.5. The third-order valence-electron chi connectivity index (χ3n) is 9.52. The molecule has 10 unspecified atom stereocenters. The molecule has 0 aromatic rings. The van der Waals surface area contributed by atoms with Gasteiger partial charge < -0.3 is 10.2 Å². The van der Waals surface area contributed by atoms with E-state index in [-0.39, 0.29) is 40.1 Å². The number of halogens is 1. The van der Waals surface area contributed by atoms with E-state index in [0.717, 1.165) is 6.42 Å². The number of carbonyl (C=O) groups excluding carboxylic acids is 1. The Hall–Kier alpha value is -0.650. The maximum Gasteiger partial charge on any atom is 0.189 e. The first-order valence-electron chi connectivity index (χ1n) is 11.0. The quantitative estimate of drug-likeness (QED) is 0.458. The second-order valence-electron chi connectivity index (χ2n) is 11.0. The molecule has 3 nitrogen and oxygen atoms in total. The van der Waals surface area contributed by atoms with E-state index in [0.29, 0.717) is 18.4 Å². The lowest BCUT2D eigenvalue weighted by molar-refractivity contribution is -0.192. The molecule has 162 valence electrons. The predicted octanol–water partition coefficient (Wildman–Crippen LogP) is 4.35. The number of rotatable bonds is 2. The van der Waals surface area contributed by atoms with Gasteiger partial charge >= 0.3 is 0 Å². The Morgan fingerprint density at radius 3 is 2.52 bits per heavy atom. The topological polar surface area (TPSA) is 57.5 Å². The Bertz CT molecular complexity index is 778. The van der Waals surface area contributed by atoms with Crippen molar-refractivity contribution in [3.63, 3.8) is 0 Å². The van der Waals surface area contributed by atoms with Gasteiger partial charge in [0.2, 0.25) is 0 Å². The molecule has 0 amide bonds. The van der Waals surface area contributed by atoms with E-state index >= 15 is 4.39 Å². The molecule has 0 aromatic carbocycles. The summed E-state index contributed by atoms with van der Waals surface area (Å²) in [7, 11) is 0. The Labute approximate surface area is 179 Å². The normalized spacial score (nSPS) is 53.9. The molecule has 10 atom stereocenters. The van der Waals surface area contributed by atoms with Gasteiger partial charge in [-0.3, -0.25) is 4.79 Å². The highest BCUT2D eigenvalue weighted by Gasteiger charge is 2.72. The second kappa shape index (κ2) is 6.67. The zero-order valence-corrected chi connectivity index (χ0v) is 19.0. The summed E-state index contributed by atoms with van der Waals surface area (Å²) >= 11 is 4.25. The third kappa shape index (κ3) is 2.59. The van der Waals surface area contributed by atoms with E-state index in [2.05, 4.69) is 40.3 Å².